The summed E-state index contributed by atoms with van der Waals surface area (Å²) in [5.74, 6) is -0.416. The van der Waals surface area contributed by atoms with E-state index in [-0.39, 0.29) is 17.7 Å². The Labute approximate surface area is 165 Å². The van der Waals surface area contributed by atoms with Crippen molar-refractivity contribution in [2.45, 2.75) is 47.0 Å². The van der Waals surface area contributed by atoms with Gasteiger partial charge in [0.05, 0.1) is 5.52 Å². The van der Waals surface area contributed by atoms with Crippen LogP contribution in [-0.2, 0) is 17.6 Å². The quantitative estimate of drug-likeness (QED) is 0.732. The van der Waals surface area contributed by atoms with Crippen molar-refractivity contribution >= 4 is 22.7 Å². The lowest BCUT2D eigenvalue weighted by molar-refractivity contribution is -0.122. The number of benzene rings is 2. The van der Waals surface area contributed by atoms with Crippen molar-refractivity contribution < 1.29 is 9.59 Å². The Kier molecular flexibility index (Phi) is 4.37. The molecule has 1 aromatic heterocycles. The highest BCUT2D eigenvalue weighted by Crippen LogP contribution is 2.38. The van der Waals surface area contributed by atoms with E-state index < -0.39 is 0 Å². The number of fused-ring (bicyclic) bond motifs is 3. The van der Waals surface area contributed by atoms with Crippen molar-refractivity contribution in [1.82, 2.24) is 4.57 Å². The van der Waals surface area contributed by atoms with Crippen LogP contribution in [0.1, 0.15) is 50.3 Å². The number of nitrogens with two attached hydrogens (primary N) is 1. The second kappa shape index (κ2) is 6.62. The van der Waals surface area contributed by atoms with E-state index in [1.165, 1.54) is 5.56 Å². The normalized spacial score (nSPS) is 16.2. The molecule has 144 valence electrons. The number of carbonyl (C=O) groups is 2. The average Bonchev–Trinajstić information content (AvgIpc) is 3.02. The van der Waals surface area contributed by atoms with Gasteiger partial charge in [-0.25, -0.2) is 0 Å². The highest BCUT2D eigenvalue weighted by Gasteiger charge is 2.31. The van der Waals surface area contributed by atoms with E-state index in [0.717, 1.165) is 38.9 Å². The van der Waals surface area contributed by atoms with Crippen LogP contribution >= 0.6 is 0 Å². The molecule has 1 aliphatic rings. The fraction of sp³-hybridized carbons (Fsp3) is 0.333. The number of hydrogen-bond donors (Lipinski definition) is 1. The van der Waals surface area contributed by atoms with Gasteiger partial charge in [-0.1, -0.05) is 18.2 Å². The van der Waals surface area contributed by atoms with E-state index >= 15 is 0 Å². The Hall–Kier alpha value is -2.88. The molecule has 0 saturated carbocycles. The van der Waals surface area contributed by atoms with Crippen LogP contribution in [0.5, 0.6) is 0 Å². The summed E-state index contributed by atoms with van der Waals surface area (Å²) in [4.78, 5) is 25.4. The van der Waals surface area contributed by atoms with Gasteiger partial charge in [-0.15, -0.1) is 0 Å². The summed E-state index contributed by atoms with van der Waals surface area (Å²) in [5.41, 5.74) is 13.9. The van der Waals surface area contributed by atoms with Crippen LogP contribution in [0.2, 0.25) is 0 Å². The molecule has 1 atom stereocenters. The van der Waals surface area contributed by atoms with Crippen molar-refractivity contribution in [3.05, 3.63) is 69.4 Å². The van der Waals surface area contributed by atoms with Crippen molar-refractivity contribution in [2.24, 2.45) is 11.7 Å². The summed E-state index contributed by atoms with van der Waals surface area (Å²) in [6.07, 6.45) is 1.99. The van der Waals surface area contributed by atoms with Gasteiger partial charge in [-0.05, 0) is 86.9 Å². The van der Waals surface area contributed by atoms with Gasteiger partial charge < -0.3 is 5.73 Å². The molecular formula is C24H26N2O2. The highest BCUT2D eigenvalue weighted by molar-refractivity contribution is 6.06. The van der Waals surface area contributed by atoms with Gasteiger partial charge in [-0.2, -0.15) is 0 Å². The topological polar surface area (TPSA) is 65.1 Å². The molecule has 0 radical (unpaired) electrons. The molecule has 4 nitrogen and oxygen atoms in total. The van der Waals surface area contributed by atoms with Crippen LogP contribution in [0.25, 0.3) is 10.9 Å². The standard InChI is InChI=1S/C24H26N2O2/c1-13-7-8-18(11-16(13)4)24(28)26-20-10-9-17(23(25)27)12-19(20)21-14(2)5-6-15(3)22(21)26/h5-8,11,17H,9-10,12H2,1-4H3,(H2,25,27). The molecular weight excluding hydrogens is 348 g/mol. The van der Waals surface area contributed by atoms with Gasteiger partial charge in [0.25, 0.3) is 5.91 Å². The summed E-state index contributed by atoms with van der Waals surface area (Å²) < 4.78 is 1.90. The van der Waals surface area contributed by atoms with E-state index in [1.54, 1.807) is 0 Å². The minimum Gasteiger partial charge on any atom is -0.369 e. The molecule has 0 fully saturated rings. The monoisotopic (exact) mass is 374 g/mol. The number of primary amides is 1. The van der Waals surface area contributed by atoms with Crippen molar-refractivity contribution in [2.75, 3.05) is 0 Å². The van der Waals surface area contributed by atoms with Crippen molar-refractivity contribution in [1.29, 1.82) is 0 Å². The third kappa shape index (κ3) is 2.75. The van der Waals surface area contributed by atoms with E-state index in [9.17, 15) is 9.59 Å². The molecule has 28 heavy (non-hydrogen) atoms. The van der Waals surface area contributed by atoms with Gasteiger partial charge in [0, 0.05) is 22.6 Å². The first kappa shape index (κ1) is 18.5. The molecule has 0 saturated heterocycles. The van der Waals surface area contributed by atoms with Crippen LogP contribution in [0.4, 0.5) is 0 Å². The smallest absolute Gasteiger partial charge is 0.262 e. The van der Waals surface area contributed by atoms with Gasteiger partial charge in [-0.3, -0.25) is 14.2 Å². The second-order valence-corrected chi connectivity index (χ2v) is 8.13. The Bertz CT molecular complexity index is 1140. The van der Waals surface area contributed by atoms with Crippen LogP contribution in [-0.4, -0.2) is 16.4 Å². The Morgan fingerprint density at radius 2 is 1.64 bits per heavy atom. The molecule has 2 N–H and O–H groups in total. The highest BCUT2D eigenvalue weighted by atomic mass is 16.2. The van der Waals surface area contributed by atoms with Gasteiger partial charge in [0.15, 0.2) is 0 Å². The molecule has 2 aromatic carbocycles. The lowest BCUT2D eigenvalue weighted by atomic mass is 9.85. The molecule has 0 aliphatic heterocycles. The Morgan fingerprint density at radius 1 is 0.964 bits per heavy atom. The van der Waals surface area contributed by atoms with Crippen LogP contribution in [0.15, 0.2) is 30.3 Å². The molecule has 1 unspecified atom stereocenters. The van der Waals surface area contributed by atoms with Gasteiger partial charge in [0.1, 0.15) is 0 Å². The Morgan fingerprint density at radius 3 is 2.32 bits per heavy atom. The number of aryl methyl sites for hydroxylation is 4. The van der Waals surface area contributed by atoms with E-state index in [1.807, 2.05) is 43.5 Å². The zero-order valence-electron chi connectivity index (χ0n) is 16.9. The fourth-order valence-corrected chi connectivity index (χ4v) is 4.49. The molecule has 4 rings (SSSR count). The second-order valence-electron chi connectivity index (χ2n) is 8.13. The lowest BCUT2D eigenvalue weighted by Gasteiger charge is -2.21. The number of hydrogen-bond acceptors (Lipinski definition) is 2. The molecule has 0 spiro atoms. The van der Waals surface area contributed by atoms with Crippen LogP contribution in [0.3, 0.4) is 0 Å². The molecule has 4 heteroatoms. The van der Waals surface area contributed by atoms with Crippen LogP contribution in [0, 0.1) is 33.6 Å². The van der Waals surface area contributed by atoms with Crippen molar-refractivity contribution in [3.63, 3.8) is 0 Å². The lowest BCUT2D eigenvalue weighted by Crippen LogP contribution is -2.29. The van der Waals surface area contributed by atoms with Crippen molar-refractivity contribution in [3.8, 4) is 0 Å². The summed E-state index contributed by atoms with van der Waals surface area (Å²) in [7, 11) is 0. The predicted octanol–water partition coefficient (Wildman–Crippen LogP) is 4.15. The largest absolute Gasteiger partial charge is 0.369 e. The maximum absolute atomic E-state index is 13.6. The molecule has 1 heterocycles. The summed E-state index contributed by atoms with van der Waals surface area (Å²) in [6, 6.07) is 10.0. The maximum Gasteiger partial charge on any atom is 0.262 e. The number of carbonyl (C=O) groups excluding carboxylic acids is 2. The maximum atomic E-state index is 13.6. The van der Waals surface area contributed by atoms with E-state index in [4.69, 9.17) is 5.73 Å². The SMILES string of the molecule is Cc1ccc(C(=O)n2c3c(c4c(C)ccc(C)c42)CC(C(N)=O)CC3)cc1C. The van der Waals surface area contributed by atoms with E-state index in [2.05, 4.69) is 19.1 Å². The zero-order chi connectivity index (χ0) is 20.2. The summed E-state index contributed by atoms with van der Waals surface area (Å²) in [5, 5.41) is 1.11. The first-order chi connectivity index (χ1) is 13.3. The number of aromatic nitrogens is 1. The molecule has 1 aliphatic carbocycles. The Balaban J connectivity index is 1.99. The van der Waals surface area contributed by atoms with E-state index in [0.29, 0.717) is 24.8 Å². The van der Waals surface area contributed by atoms with Gasteiger partial charge >= 0.3 is 0 Å². The zero-order valence-corrected chi connectivity index (χ0v) is 16.9. The fourth-order valence-electron chi connectivity index (χ4n) is 4.49. The minimum atomic E-state index is -0.252. The predicted molar refractivity (Wildman–Crippen MR) is 112 cm³/mol. The first-order valence-corrected chi connectivity index (χ1v) is 9.83. The summed E-state index contributed by atoms with van der Waals surface area (Å²) >= 11 is 0. The number of nitrogens with zero attached hydrogens (tertiary/aromatic N) is 1. The van der Waals surface area contributed by atoms with Gasteiger partial charge in [0.2, 0.25) is 5.91 Å². The molecule has 1 amide bonds. The third-order valence-electron chi connectivity index (χ3n) is 6.27. The minimum absolute atomic E-state index is 0.000532. The third-order valence-corrected chi connectivity index (χ3v) is 6.27. The number of amides is 1. The average molecular weight is 374 g/mol. The number of rotatable bonds is 2. The van der Waals surface area contributed by atoms with Crippen LogP contribution < -0.4 is 5.73 Å². The summed E-state index contributed by atoms with van der Waals surface area (Å²) in [6.45, 7) is 8.19. The molecule has 0 bridgehead atoms. The molecule has 3 aromatic rings. The first-order valence-electron chi connectivity index (χ1n) is 9.83.